The molecule has 1 aliphatic rings. The number of rotatable bonds is 5. The minimum absolute atomic E-state index is 0.0402. The number of non-ortho nitro benzene ring substituents is 1. The first-order valence-electron chi connectivity index (χ1n) is 5.73. The average molecular weight is 264 g/mol. The maximum Gasteiger partial charge on any atom is 0.307 e. The Labute approximate surface area is 108 Å². The van der Waals surface area contributed by atoms with E-state index >= 15 is 0 Å². The van der Waals surface area contributed by atoms with Crippen LogP contribution in [0.25, 0.3) is 0 Å². The van der Waals surface area contributed by atoms with Crippen molar-refractivity contribution in [2.45, 2.75) is 13.0 Å². The predicted octanol–water partition coefficient (Wildman–Crippen LogP) is 0.932. The molecule has 0 heterocycles. The number of carbonyl (C=O) groups is 2. The van der Waals surface area contributed by atoms with Crippen molar-refractivity contribution >= 4 is 17.6 Å². The second kappa shape index (κ2) is 5.05. The number of carboxylic acid groups (broad SMARTS) is 1. The highest BCUT2D eigenvalue weighted by Gasteiger charge is 2.48. The number of nitrogens with one attached hydrogen (secondary N) is 1. The summed E-state index contributed by atoms with van der Waals surface area (Å²) in [7, 11) is 0. The van der Waals surface area contributed by atoms with Crippen LogP contribution in [0.4, 0.5) is 5.69 Å². The number of carbonyl (C=O) groups excluding carboxylic acids is 1. The van der Waals surface area contributed by atoms with E-state index in [2.05, 4.69) is 5.32 Å². The van der Waals surface area contributed by atoms with E-state index in [1.807, 2.05) is 0 Å². The molecule has 1 fully saturated rings. The minimum atomic E-state index is -0.963. The van der Waals surface area contributed by atoms with E-state index in [1.54, 1.807) is 6.07 Å². The van der Waals surface area contributed by atoms with Gasteiger partial charge in [-0.1, -0.05) is 12.1 Å². The van der Waals surface area contributed by atoms with Gasteiger partial charge in [0.2, 0.25) is 5.91 Å². The number of nitro groups is 1. The van der Waals surface area contributed by atoms with Crippen LogP contribution in [0.1, 0.15) is 12.0 Å². The van der Waals surface area contributed by atoms with E-state index in [1.165, 1.54) is 18.2 Å². The van der Waals surface area contributed by atoms with Gasteiger partial charge in [0.15, 0.2) is 0 Å². The standard InChI is InChI=1S/C12H12N2O5/c15-11(9-5-10(9)12(16)17)13-6-7-2-1-3-8(4-7)14(18)19/h1-4,9-10H,5-6H2,(H,13,15)(H,16,17). The Balaban J connectivity index is 1.89. The lowest BCUT2D eigenvalue weighted by Crippen LogP contribution is -2.25. The molecule has 1 amide bonds. The fourth-order valence-corrected chi connectivity index (χ4v) is 1.86. The molecule has 0 bridgehead atoms. The zero-order valence-electron chi connectivity index (χ0n) is 9.91. The molecule has 100 valence electrons. The predicted molar refractivity (Wildman–Crippen MR) is 64.2 cm³/mol. The lowest BCUT2D eigenvalue weighted by molar-refractivity contribution is -0.384. The van der Waals surface area contributed by atoms with Gasteiger partial charge < -0.3 is 10.4 Å². The molecule has 2 rings (SSSR count). The second-order valence-corrected chi connectivity index (χ2v) is 4.43. The maximum atomic E-state index is 11.6. The van der Waals surface area contributed by atoms with Crippen molar-refractivity contribution < 1.29 is 19.6 Å². The first-order valence-corrected chi connectivity index (χ1v) is 5.73. The van der Waals surface area contributed by atoms with Gasteiger partial charge in [0.1, 0.15) is 0 Å². The molecule has 1 saturated carbocycles. The molecular weight excluding hydrogens is 252 g/mol. The van der Waals surface area contributed by atoms with E-state index in [4.69, 9.17) is 5.11 Å². The highest BCUT2D eigenvalue weighted by atomic mass is 16.6. The van der Waals surface area contributed by atoms with E-state index in [-0.39, 0.29) is 18.1 Å². The SMILES string of the molecule is O=C(O)C1CC1C(=O)NCc1cccc([N+](=O)[O-])c1. The fraction of sp³-hybridized carbons (Fsp3) is 0.333. The third-order valence-corrected chi connectivity index (χ3v) is 3.03. The van der Waals surface area contributed by atoms with Crippen LogP contribution >= 0.6 is 0 Å². The summed E-state index contributed by atoms with van der Waals surface area (Å²) in [6.07, 6.45) is 0.357. The van der Waals surface area contributed by atoms with Crippen molar-refractivity contribution in [2.75, 3.05) is 0 Å². The summed E-state index contributed by atoms with van der Waals surface area (Å²) < 4.78 is 0. The summed E-state index contributed by atoms with van der Waals surface area (Å²) in [5.41, 5.74) is 0.566. The van der Waals surface area contributed by atoms with E-state index in [0.717, 1.165) is 0 Å². The zero-order chi connectivity index (χ0) is 14.0. The van der Waals surface area contributed by atoms with Crippen molar-refractivity contribution in [1.82, 2.24) is 5.32 Å². The molecular formula is C12H12N2O5. The highest BCUT2D eigenvalue weighted by molar-refractivity contribution is 5.89. The summed E-state index contributed by atoms with van der Waals surface area (Å²) in [6, 6.07) is 5.94. The average Bonchev–Trinajstić information content (AvgIpc) is 3.16. The van der Waals surface area contributed by atoms with E-state index < -0.39 is 22.7 Å². The van der Waals surface area contributed by atoms with Gasteiger partial charge in [-0.05, 0) is 12.0 Å². The van der Waals surface area contributed by atoms with Gasteiger partial charge in [-0.2, -0.15) is 0 Å². The first-order chi connectivity index (χ1) is 8.99. The van der Waals surface area contributed by atoms with Crippen LogP contribution in [0.2, 0.25) is 0 Å². The Kier molecular flexibility index (Phi) is 3.46. The molecule has 0 saturated heterocycles. The first kappa shape index (κ1) is 13.0. The van der Waals surface area contributed by atoms with Crippen LogP contribution in [0.3, 0.4) is 0 Å². The van der Waals surface area contributed by atoms with Crippen molar-refractivity contribution in [1.29, 1.82) is 0 Å². The molecule has 19 heavy (non-hydrogen) atoms. The maximum absolute atomic E-state index is 11.6. The van der Waals surface area contributed by atoms with Gasteiger partial charge in [-0.3, -0.25) is 19.7 Å². The van der Waals surface area contributed by atoms with Crippen LogP contribution < -0.4 is 5.32 Å². The lowest BCUT2D eigenvalue weighted by Gasteiger charge is -2.04. The quantitative estimate of drug-likeness (QED) is 0.607. The van der Waals surface area contributed by atoms with Gasteiger partial charge in [-0.15, -0.1) is 0 Å². The lowest BCUT2D eigenvalue weighted by atomic mass is 10.2. The molecule has 2 N–H and O–H groups in total. The van der Waals surface area contributed by atoms with Crippen molar-refractivity contribution in [2.24, 2.45) is 11.8 Å². The third kappa shape index (κ3) is 3.06. The number of amides is 1. The van der Waals surface area contributed by atoms with Crippen LogP contribution in [-0.4, -0.2) is 21.9 Å². The van der Waals surface area contributed by atoms with Gasteiger partial charge in [0.05, 0.1) is 16.8 Å². The normalized spacial score (nSPS) is 20.6. The Morgan fingerprint density at radius 3 is 2.74 bits per heavy atom. The van der Waals surface area contributed by atoms with Crippen molar-refractivity contribution in [3.8, 4) is 0 Å². The van der Waals surface area contributed by atoms with Crippen molar-refractivity contribution in [3.05, 3.63) is 39.9 Å². The molecule has 0 aliphatic heterocycles. The fourth-order valence-electron chi connectivity index (χ4n) is 1.86. The topological polar surface area (TPSA) is 110 Å². The Hall–Kier alpha value is -2.44. The monoisotopic (exact) mass is 264 g/mol. The molecule has 0 spiro atoms. The van der Waals surface area contributed by atoms with Gasteiger partial charge in [0.25, 0.3) is 5.69 Å². The summed E-state index contributed by atoms with van der Waals surface area (Å²) >= 11 is 0. The highest BCUT2D eigenvalue weighted by Crippen LogP contribution is 2.38. The number of hydrogen-bond acceptors (Lipinski definition) is 4. The third-order valence-electron chi connectivity index (χ3n) is 3.03. The smallest absolute Gasteiger partial charge is 0.307 e. The van der Waals surface area contributed by atoms with Crippen molar-refractivity contribution in [3.63, 3.8) is 0 Å². The molecule has 0 aromatic heterocycles. The molecule has 1 aromatic rings. The molecule has 7 nitrogen and oxygen atoms in total. The van der Waals surface area contributed by atoms with E-state index in [0.29, 0.717) is 12.0 Å². The molecule has 1 aromatic carbocycles. The number of benzene rings is 1. The van der Waals surface area contributed by atoms with Crippen LogP contribution in [0.15, 0.2) is 24.3 Å². The number of hydrogen-bond donors (Lipinski definition) is 2. The Morgan fingerprint density at radius 1 is 1.42 bits per heavy atom. The summed E-state index contributed by atoms with van der Waals surface area (Å²) in [5, 5.41) is 21.9. The number of nitro benzene ring substituents is 1. The Morgan fingerprint density at radius 2 is 2.16 bits per heavy atom. The van der Waals surface area contributed by atoms with Gasteiger partial charge in [0, 0.05) is 18.7 Å². The number of aliphatic carboxylic acids is 1. The molecule has 2 unspecified atom stereocenters. The van der Waals surface area contributed by atoms with Crippen LogP contribution in [-0.2, 0) is 16.1 Å². The molecule has 0 radical (unpaired) electrons. The molecule has 2 atom stereocenters. The summed E-state index contributed by atoms with van der Waals surface area (Å²) in [4.78, 5) is 32.3. The van der Waals surface area contributed by atoms with Crippen LogP contribution in [0, 0.1) is 22.0 Å². The summed E-state index contributed by atoms with van der Waals surface area (Å²) in [5.74, 6) is -2.35. The largest absolute Gasteiger partial charge is 0.481 e. The minimum Gasteiger partial charge on any atom is -0.481 e. The second-order valence-electron chi connectivity index (χ2n) is 4.43. The molecule has 1 aliphatic carbocycles. The summed E-state index contributed by atoms with van der Waals surface area (Å²) in [6.45, 7) is 0.156. The van der Waals surface area contributed by atoms with E-state index in [9.17, 15) is 19.7 Å². The zero-order valence-corrected chi connectivity index (χ0v) is 9.91. The molecule has 7 heteroatoms. The number of nitrogens with zero attached hydrogens (tertiary/aromatic N) is 1. The van der Waals surface area contributed by atoms with Gasteiger partial charge >= 0.3 is 5.97 Å². The van der Waals surface area contributed by atoms with Gasteiger partial charge in [-0.25, -0.2) is 0 Å². The number of carboxylic acids is 1. The Bertz CT molecular complexity index is 543. The van der Waals surface area contributed by atoms with Crippen LogP contribution in [0.5, 0.6) is 0 Å².